The second-order valence-corrected chi connectivity index (χ2v) is 6.92. The van der Waals surface area contributed by atoms with Crippen LogP contribution in [0.2, 0.25) is 0 Å². The monoisotopic (exact) mass is 334 g/mol. The third-order valence-electron chi connectivity index (χ3n) is 2.95. The molecule has 0 spiro atoms. The van der Waals surface area contributed by atoms with Gasteiger partial charge in [0.05, 0.1) is 10.0 Å². The molecule has 18 heavy (non-hydrogen) atoms. The summed E-state index contributed by atoms with van der Waals surface area (Å²) in [6.45, 7) is 3.83. The van der Waals surface area contributed by atoms with Crippen molar-refractivity contribution in [3.8, 4) is 0 Å². The highest BCUT2D eigenvalue weighted by atomic mass is 79.9. The number of aliphatic imine (C=N–C) groups is 1. The summed E-state index contributed by atoms with van der Waals surface area (Å²) < 4.78 is 27.4. The van der Waals surface area contributed by atoms with E-state index in [9.17, 15) is 8.78 Å². The lowest BCUT2D eigenvalue weighted by Gasteiger charge is -2.33. The van der Waals surface area contributed by atoms with Crippen LogP contribution in [0.5, 0.6) is 0 Å². The molecule has 0 saturated heterocycles. The van der Waals surface area contributed by atoms with Crippen LogP contribution in [0.15, 0.2) is 21.6 Å². The second kappa shape index (κ2) is 4.81. The first kappa shape index (κ1) is 13.8. The fourth-order valence-corrected chi connectivity index (χ4v) is 3.65. The fraction of sp³-hybridized carbons (Fsp3) is 0.417. The van der Waals surface area contributed by atoms with Gasteiger partial charge in [0, 0.05) is 16.9 Å². The van der Waals surface area contributed by atoms with Crippen LogP contribution in [0.1, 0.15) is 25.8 Å². The Hall–Kier alpha value is -0.620. The standard InChI is InChI=1S/C12H13BrF2N2S/c1-6-5-12(2,17-11(16)18-6)7-3-8(13)10(15)4-9(7)14/h3-4,6H,5H2,1-2H3,(H2,16,17)/t6-,12+/m1/s1. The maximum absolute atomic E-state index is 13.9. The van der Waals surface area contributed by atoms with Crippen molar-refractivity contribution in [2.75, 3.05) is 0 Å². The topological polar surface area (TPSA) is 38.4 Å². The predicted molar refractivity (Wildman–Crippen MR) is 74.7 cm³/mol. The van der Waals surface area contributed by atoms with E-state index < -0.39 is 17.2 Å². The minimum atomic E-state index is -0.741. The summed E-state index contributed by atoms with van der Waals surface area (Å²) in [7, 11) is 0. The summed E-state index contributed by atoms with van der Waals surface area (Å²) in [6, 6.07) is 2.33. The van der Waals surface area contributed by atoms with Gasteiger partial charge in [-0.3, -0.25) is 4.99 Å². The first-order chi connectivity index (χ1) is 8.32. The number of hydrogen-bond donors (Lipinski definition) is 1. The fourth-order valence-electron chi connectivity index (χ4n) is 2.23. The van der Waals surface area contributed by atoms with Crippen LogP contribution in [-0.2, 0) is 5.54 Å². The highest BCUT2D eigenvalue weighted by Gasteiger charge is 2.35. The largest absolute Gasteiger partial charge is 0.379 e. The molecule has 2 N–H and O–H groups in total. The Balaban J connectivity index is 2.54. The van der Waals surface area contributed by atoms with Gasteiger partial charge in [-0.05, 0) is 35.3 Å². The molecule has 2 nitrogen and oxygen atoms in total. The van der Waals surface area contributed by atoms with E-state index in [1.165, 1.54) is 17.8 Å². The van der Waals surface area contributed by atoms with Crippen molar-refractivity contribution in [3.63, 3.8) is 0 Å². The van der Waals surface area contributed by atoms with Crippen molar-refractivity contribution in [2.45, 2.75) is 31.1 Å². The van der Waals surface area contributed by atoms with Gasteiger partial charge in [0.1, 0.15) is 11.6 Å². The zero-order valence-corrected chi connectivity index (χ0v) is 12.4. The molecule has 2 atom stereocenters. The molecule has 0 amide bonds. The summed E-state index contributed by atoms with van der Waals surface area (Å²) in [5.41, 5.74) is 5.39. The maximum Gasteiger partial charge on any atom is 0.155 e. The van der Waals surface area contributed by atoms with Crippen molar-refractivity contribution in [3.05, 3.63) is 33.8 Å². The molecule has 98 valence electrons. The zero-order valence-electron chi connectivity index (χ0n) is 10.0. The average molecular weight is 335 g/mol. The molecule has 0 radical (unpaired) electrons. The Kier molecular flexibility index (Phi) is 3.69. The highest BCUT2D eigenvalue weighted by molar-refractivity contribution is 9.10. The number of nitrogens with two attached hydrogens (primary N) is 1. The van der Waals surface area contributed by atoms with Crippen molar-refractivity contribution in [2.24, 2.45) is 10.7 Å². The molecule has 0 unspecified atom stereocenters. The molecule has 2 rings (SSSR count). The molecule has 0 bridgehead atoms. The van der Waals surface area contributed by atoms with E-state index in [0.29, 0.717) is 17.2 Å². The normalized spacial score (nSPS) is 28.1. The third kappa shape index (κ3) is 2.54. The minimum Gasteiger partial charge on any atom is -0.379 e. The molecule has 1 aromatic rings. The van der Waals surface area contributed by atoms with Crippen LogP contribution in [0, 0.1) is 11.6 Å². The number of nitrogens with zero attached hydrogens (tertiary/aromatic N) is 1. The Morgan fingerprint density at radius 3 is 2.72 bits per heavy atom. The summed E-state index contributed by atoms with van der Waals surface area (Å²) in [6.07, 6.45) is 0.660. The average Bonchev–Trinajstić information content (AvgIpc) is 2.21. The first-order valence-corrected chi connectivity index (χ1v) is 7.16. The van der Waals surface area contributed by atoms with E-state index in [2.05, 4.69) is 20.9 Å². The number of amidine groups is 1. The number of benzene rings is 1. The molecule has 1 aliphatic rings. The first-order valence-electron chi connectivity index (χ1n) is 5.49. The Morgan fingerprint density at radius 2 is 2.11 bits per heavy atom. The van der Waals surface area contributed by atoms with Crippen molar-refractivity contribution in [1.29, 1.82) is 0 Å². The predicted octanol–water partition coefficient (Wildman–Crippen LogP) is 3.78. The van der Waals surface area contributed by atoms with E-state index in [0.717, 1.165) is 6.07 Å². The van der Waals surface area contributed by atoms with Crippen LogP contribution in [-0.4, -0.2) is 10.4 Å². The lowest BCUT2D eigenvalue weighted by atomic mass is 9.87. The molecule has 0 saturated carbocycles. The van der Waals surface area contributed by atoms with Gasteiger partial charge >= 0.3 is 0 Å². The van der Waals surface area contributed by atoms with Gasteiger partial charge in [0.15, 0.2) is 5.17 Å². The molecule has 1 aromatic carbocycles. The van der Waals surface area contributed by atoms with Crippen LogP contribution >= 0.6 is 27.7 Å². The molecule has 0 aromatic heterocycles. The molecular formula is C12H13BrF2N2S. The molecule has 0 aliphatic carbocycles. The smallest absolute Gasteiger partial charge is 0.155 e. The number of thioether (sulfide) groups is 1. The molecular weight excluding hydrogens is 322 g/mol. The lowest BCUT2D eigenvalue weighted by Crippen LogP contribution is -2.33. The van der Waals surface area contributed by atoms with Gasteiger partial charge in [-0.15, -0.1) is 0 Å². The van der Waals surface area contributed by atoms with E-state index in [-0.39, 0.29) is 9.72 Å². The zero-order chi connectivity index (χ0) is 13.5. The lowest BCUT2D eigenvalue weighted by molar-refractivity contribution is 0.424. The Bertz CT molecular complexity index is 521. The van der Waals surface area contributed by atoms with Crippen molar-refractivity contribution >= 4 is 32.9 Å². The van der Waals surface area contributed by atoms with Crippen LogP contribution in [0.3, 0.4) is 0 Å². The SMILES string of the molecule is C[C@@H]1C[C@@](C)(c2cc(Br)c(F)cc2F)N=C(N)S1. The highest BCUT2D eigenvalue weighted by Crippen LogP contribution is 2.40. The summed E-state index contributed by atoms with van der Waals surface area (Å²) in [5.74, 6) is -1.20. The molecule has 6 heteroatoms. The second-order valence-electron chi connectivity index (χ2n) is 4.60. The quantitative estimate of drug-likeness (QED) is 0.793. The molecule has 1 heterocycles. The summed E-state index contributed by atoms with van der Waals surface area (Å²) in [4.78, 5) is 4.34. The number of halogens is 3. The molecule has 1 aliphatic heterocycles. The van der Waals surface area contributed by atoms with E-state index >= 15 is 0 Å². The van der Waals surface area contributed by atoms with Crippen LogP contribution in [0.4, 0.5) is 8.78 Å². The van der Waals surface area contributed by atoms with Gasteiger partial charge in [0.2, 0.25) is 0 Å². The van der Waals surface area contributed by atoms with E-state index in [1.807, 2.05) is 13.8 Å². The molecule has 0 fully saturated rings. The van der Waals surface area contributed by atoms with Gasteiger partial charge in [-0.25, -0.2) is 8.78 Å². The van der Waals surface area contributed by atoms with Crippen molar-refractivity contribution in [1.82, 2.24) is 0 Å². The Labute approximate surface area is 117 Å². The summed E-state index contributed by atoms with van der Waals surface area (Å²) >= 11 is 4.55. The van der Waals surface area contributed by atoms with Crippen LogP contribution in [0.25, 0.3) is 0 Å². The Morgan fingerprint density at radius 1 is 1.44 bits per heavy atom. The van der Waals surface area contributed by atoms with E-state index in [4.69, 9.17) is 5.73 Å². The van der Waals surface area contributed by atoms with Gasteiger partial charge in [-0.2, -0.15) is 0 Å². The third-order valence-corrected chi connectivity index (χ3v) is 4.46. The van der Waals surface area contributed by atoms with Gasteiger partial charge in [-0.1, -0.05) is 18.7 Å². The van der Waals surface area contributed by atoms with Crippen molar-refractivity contribution < 1.29 is 8.78 Å². The minimum absolute atomic E-state index is 0.236. The number of rotatable bonds is 1. The number of hydrogen-bond acceptors (Lipinski definition) is 3. The van der Waals surface area contributed by atoms with E-state index in [1.54, 1.807) is 0 Å². The van der Waals surface area contributed by atoms with Crippen LogP contribution < -0.4 is 5.73 Å². The van der Waals surface area contributed by atoms with Gasteiger partial charge in [0.25, 0.3) is 0 Å². The van der Waals surface area contributed by atoms with Gasteiger partial charge < -0.3 is 5.73 Å². The summed E-state index contributed by atoms with van der Waals surface area (Å²) in [5, 5.41) is 0.687. The maximum atomic E-state index is 13.9.